The largest absolute Gasteiger partial charge is 0.392 e. The van der Waals surface area contributed by atoms with E-state index in [9.17, 15) is 0 Å². The zero-order valence-corrected chi connectivity index (χ0v) is 7.61. The Kier molecular flexibility index (Phi) is 2.85. The number of hydrogen-bond donors (Lipinski definition) is 1. The van der Waals surface area contributed by atoms with E-state index in [1.165, 1.54) is 9.75 Å². The molecule has 0 aromatic carbocycles. The van der Waals surface area contributed by atoms with Crippen LogP contribution in [-0.4, -0.2) is 11.7 Å². The first-order valence-electron chi connectivity index (χ1n) is 3.57. The molecular formula is C9H12OS. The highest BCUT2D eigenvalue weighted by atomic mass is 32.1. The van der Waals surface area contributed by atoms with Crippen LogP contribution in [0.3, 0.4) is 0 Å². The Bertz CT molecular complexity index is 260. The van der Waals surface area contributed by atoms with Gasteiger partial charge in [-0.3, -0.25) is 0 Å². The van der Waals surface area contributed by atoms with Crippen molar-refractivity contribution in [3.63, 3.8) is 0 Å². The van der Waals surface area contributed by atoms with Gasteiger partial charge in [-0.25, -0.2) is 0 Å². The number of thiophene rings is 1. The maximum absolute atomic E-state index is 8.74. The maximum Gasteiger partial charge on any atom is 0.0642 e. The molecule has 11 heavy (non-hydrogen) atoms. The zero-order valence-electron chi connectivity index (χ0n) is 6.79. The van der Waals surface area contributed by atoms with Crippen LogP contribution in [0.1, 0.15) is 16.7 Å². The van der Waals surface area contributed by atoms with Crippen LogP contribution in [0.5, 0.6) is 0 Å². The van der Waals surface area contributed by atoms with Gasteiger partial charge in [-0.2, -0.15) is 0 Å². The molecule has 2 heteroatoms. The van der Waals surface area contributed by atoms with Crippen LogP contribution in [0.2, 0.25) is 0 Å². The van der Waals surface area contributed by atoms with Crippen molar-refractivity contribution in [3.05, 3.63) is 27.5 Å². The van der Waals surface area contributed by atoms with Gasteiger partial charge in [0.15, 0.2) is 0 Å². The second-order valence-corrected chi connectivity index (χ2v) is 3.92. The number of hydrogen-bond acceptors (Lipinski definition) is 2. The van der Waals surface area contributed by atoms with Crippen molar-refractivity contribution in [1.29, 1.82) is 0 Å². The third kappa shape index (κ3) is 2.48. The molecule has 1 aromatic rings. The van der Waals surface area contributed by atoms with Crippen LogP contribution in [-0.2, 0) is 0 Å². The van der Waals surface area contributed by atoms with Crippen LogP contribution in [0.15, 0.2) is 17.7 Å². The van der Waals surface area contributed by atoms with Gasteiger partial charge in [-0.1, -0.05) is 0 Å². The summed E-state index contributed by atoms with van der Waals surface area (Å²) in [5.41, 5.74) is 1.01. The maximum atomic E-state index is 8.74. The fraction of sp³-hybridized carbons (Fsp3) is 0.333. The second kappa shape index (κ2) is 3.69. The van der Waals surface area contributed by atoms with Gasteiger partial charge in [0.05, 0.1) is 6.61 Å². The van der Waals surface area contributed by atoms with Crippen molar-refractivity contribution in [3.8, 4) is 0 Å². The lowest BCUT2D eigenvalue weighted by Crippen LogP contribution is -1.81. The lowest BCUT2D eigenvalue weighted by molar-refractivity contribution is 0.332. The molecule has 0 atom stereocenters. The normalized spacial score (nSPS) is 12.1. The molecule has 1 heterocycles. The summed E-state index contributed by atoms with van der Waals surface area (Å²) in [5, 5.41) is 8.74. The van der Waals surface area contributed by atoms with Crippen LogP contribution in [0.4, 0.5) is 0 Å². The molecule has 1 nitrogen and oxygen atoms in total. The Labute approximate surface area is 71.0 Å². The monoisotopic (exact) mass is 168 g/mol. The van der Waals surface area contributed by atoms with Crippen molar-refractivity contribution in [2.45, 2.75) is 13.8 Å². The van der Waals surface area contributed by atoms with Crippen molar-refractivity contribution < 1.29 is 5.11 Å². The third-order valence-electron chi connectivity index (χ3n) is 1.40. The fourth-order valence-corrected chi connectivity index (χ4v) is 1.72. The summed E-state index contributed by atoms with van der Waals surface area (Å²) in [5.74, 6) is 0. The average molecular weight is 168 g/mol. The fourth-order valence-electron chi connectivity index (χ4n) is 0.819. The Morgan fingerprint density at radius 2 is 2.36 bits per heavy atom. The van der Waals surface area contributed by atoms with Gasteiger partial charge in [-0.05, 0) is 37.6 Å². The summed E-state index contributed by atoms with van der Waals surface area (Å²) in [6, 6.07) is 4.15. The Hall–Kier alpha value is -0.600. The van der Waals surface area contributed by atoms with Crippen molar-refractivity contribution >= 4 is 17.4 Å². The predicted octanol–water partition coefficient (Wildman–Crippen LogP) is 2.45. The number of aliphatic hydroxyl groups excluding tert-OH is 1. The SMILES string of the molecule is CC(=Cc1ccc(C)s1)CO. The second-order valence-electron chi connectivity index (χ2n) is 2.60. The average Bonchev–Trinajstić information content (AvgIpc) is 2.35. The van der Waals surface area contributed by atoms with E-state index in [1.54, 1.807) is 11.3 Å². The Morgan fingerprint density at radius 1 is 1.64 bits per heavy atom. The minimum atomic E-state index is 0.150. The molecule has 0 aliphatic carbocycles. The summed E-state index contributed by atoms with van der Waals surface area (Å²) in [6.45, 7) is 4.16. The van der Waals surface area contributed by atoms with E-state index in [4.69, 9.17) is 5.11 Å². The molecule has 1 N–H and O–H groups in total. The molecule has 0 amide bonds. The lowest BCUT2D eigenvalue weighted by atomic mass is 10.3. The van der Waals surface area contributed by atoms with E-state index in [0.29, 0.717) is 0 Å². The summed E-state index contributed by atoms with van der Waals surface area (Å²) in [7, 11) is 0. The lowest BCUT2D eigenvalue weighted by Gasteiger charge is -1.90. The molecule has 0 radical (unpaired) electrons. The third-order valence-corrected chi connectivity index (χ3v) is 2.35. The number of aliphatic hydroxyl groups is 1. The molecule has 0 aliphatic rings. The molecule has 0 spiro atoms. The highest BCUT2D eigenvalue weighted by molar-refractivity contribution is 7.12. The number of rotatable bonds is 2. The van der Waals surface area contributed by atoms with E-state index in [-0.39, 0.29) is 6.61 Å². The standard InChI is InChI=1S/C9H12OS/c1-7(6-10)5-9-4-3-8(2)11-9/h3-5,10H,6H2,1-2H3. The van der Waals surface area contributed by atoms with E-state index in [1.807, 2.05) is 13.0 Å². The minimum absolute atomic E-state index is 0.150. The van der Waals surface area contributed by atoms with Gasteiger partial charge in [0, 0.05) is 9.75 Å². The molecule has 0 saturated carbocycles. The first kappa shape index (κ1) is 8.50. The summed E-state index contributed by atoms with van der Waals surface area (Å²) in [6.07, 6.45) is 2.01. The van der Waals surface area contributed by atoms with E-state index in [0.717, 1.165) is 5.57 Å². The Balaban J connectivity index is 2.78. The summed E-state index contributed by atoms with van der Waals surface area (Å²) in [4.78, 5) is 2.52. The van der Waals surface area contributed by atoms with Crippen molar-refractivity contribution in [1.82, 2.24) is 0 Å². The van der Waals surface area contributed by atoms with Crippen LogP contribution < -0.4 is 0 Å². The molecule has 0 fully saturated rings. The van der Waals surface area contributed by atoms with E-state index < -0.39 is 0 Å². The van der Waals surface area contributed by atoms with Crippen molar-refractivity contribution in [2.75, 3.05) is 6.61 Å². The molecule has 1 rings (SSSR count). The molecule has 0 bridgehead atoms. The topological polar surface area (TPSA) is 20.2 Å². The van der Waals surface area contributed by atoms with Crippen LogP contribution in [0, 0.1) is 6.92 Å². The number of aryl methyl sites for hydroxylation is 1. The molecular weight excluding hydrogens is 156 g/mol. The molecule has 60 valence electrons. The van der Waals surface area contributed by atoms with Crippen LogP contribution >= 0.6 is 11.3 Å². The summed E-state index contributed by atoms with van der Waals surface area (Å²) >= 11 is 1.74. The molecule has 1 aromatic heterocycles. The first-order chi connectivity index (χ1) is 5.22. The van der Waals surface area contributed by atoms with Gasteiger partial charge in [0.25, 0.3) is 0 Å². The van der Waals surface area contributed by atoms with Gasteiger partial charge >= 0.3 is 0 Å². The highest BCUT2D eigenvalue weighted by Crippen LogP contribution is 2.17. The predicted molar refractivity (Wildman–Crippen MR) is 49.8 cm³/mol. The van der Waals surface area contributed by atoms with Gasteiger partial charge in [0.2, 0.25) is 0 Å². The Morgan fingerprint density at radius 3 is 2.82 bits per heavy atom. The molecule has 0 aliphatic heterocycles. The van der Waals surface area contributed by atoms with Gasteiger partial charge < -0.3 is 5.11 Å². The van der Waals surface area contributed by atoms with Gasteiger partial charge in [0.1, 0.15) is 0 Å². The van der Waals surface area contributed by atoms with E-state index >= 15 is 0 Å². The quantitative estimate of drug-likeness (QED) is 0.719. The smallest absolute Gasteiger partial charge is 0.0642 e. The zero-order chi connectivity index (χ0) is 8.27. The van der Waals surface area contributed by atoms with E-state index in [2.05, 4.69) is 19.1 Å². The molecule has 0 unspecified atom stereocenters. The van der Waals surface area contributed by atoms with Gasteiger partial charge in [-0.15, -0.1) is 11.3 Å². The molecule has 0 saturated heterocycles. The first-order valence-corrected chi connectivity index (χ1v) is 4.38. The van der Waals surface area contributed by atoms with Crippen molar-refractivity contribution in [2.24, 2.45) is 0 Å². The van der Waals surface area contributed by atoms with Crippen LogP contribution in [0.25, 0.3) is 6.08 Å². The minimum Gasteiger partial charge on any atom is -0.392 e. The summed E-state index contributed by atoms with van der Waals surface area (Å²) < 4.78 is 0. The highest BCUT2D eigenvalue weighted by Gasteiger charge is 1.92.